The number of aromatic nitrogens is 3. The third-order valence-electron chi connectivity index (χ3n) is 2.13. The van der Waals surface area contributed by atoms with Crippen LogP contribution in [0, 0.1) is 6.92 Å². The Labute approximate surface area is 85.1 Å². The average Bonchev–Trinajstić information content (AvgIpc) is 2.78. The van der Waals surface area contributed by atoms with E-state index in [9.17, 15) is 4.79 Å². The highest BCUT2D eigenvalue weighted by Crippen LogP contribution is 2.09. The van der Waals surface area contributed by atoms with Crippen molar-refractivity contribution in [3.63, 3.8) is 0 Å². The lowest BCUT2D eigenvalue weighted by atomic mass is 10.3. The van der Waals surface area contributed by atoms with Gasteiger partial charge < -0.3 is 9.63 Å². The van der Waals surface area contributed by atoms with Crippen LogP contribution in [-0.4, -0.2) is 26.0 Å². The second-order valence-electron chi connectivity index (χ2n) is 3.09. The van der Waals surface area contributed by atoms with Crippen LogP contribution in [0.25, 0.3) is 0 Å². The summed E-state index contributed by atoms with van der Waals surface area (Å²) in [6.07, 6.45) is 2.86. The standard InChI is InChI=1S/C9H9N3O3/c1-6-8(9(13)14)4-10-12(6)5-7-2-3-11-15-7/h2-4H,5H2,1H3,(H,13,14). The molecule has 0 amide bonds. The van der Waals surface area contributed by atoms with Crippen LogP contribution in [-0.2, 0) is 6.54 Å². The number of carboxylic acid groups (broad SMARTS) is 1. The lowest BCUT2D eigenvalue weighted by molar-refractivity contribution is 0.0696. The summed E-state index contributed by atoms with van der Waals surface area (Å²) in [5, 5.41) is 16.3. The average molecular weight is 207 g/mol. The Morgan fingerprint density at radius 3 is 3.00 bits per heavy atom. The fourth-order valence-electron chi connectivity index (χ4n) is 1.29. The van der Waals surface area contributed by atoms with Crippen LogP contribution in [0.3, 0.4) is 0 Å². The molecule has 0 aliphatic heterocycles. The molecule has 0 saturated carbocycles. The van der Waals surface area contributed by atoms with Gasteiger partial charge in [0, 0.05) is 6.07 Å². The van der Waals surface area contributed by atoms with E-state index >= 15 is 0 Å². The van der Waals surface area contributed by atoms with Crippen molar-refractivity contribution in [3.05, 3.63) is 35.5 Å². The molecule has 1 N–H and O–H groups in total. The molecular formula is C9H9N3O3. The zero-order valence-electron chi connectivity index (χ0n) is 8.04. The van der Waals surface area contributed by atoms with E-state index in [0.29, 0.717) is 18.0 Å². The van der Waals surface area contributed by atoms with Crippen LogP contribution in [0.5, 0.6) is 0 Å². The molecule has 0 radical (unpaired) electrons. The van der Waals surface area contributed by atoms with E-state index < -0.39 is 5.97 Å². The Kier molecular flexibility index (Phi) is 2.24. The second-order valence-corrected chi connectivity index (χ2v) is 3.09. The van der Waals surface area contributed by atoms with Crippen LogP contribution < -0.4 is 0 Å². The van der Waals surface area contributed by atoms with Crippen LogP contribution in [0.15, 0.2) is 23.0 Å². The van der Waals surface area contributed by atoms with Crippen molar-refractivity contribution in [1.82, 2.24) is 14.9 Å². The molecule has 2 aromatic heterocycles. The van der Waals surface area contributed by atoms with Crippen molar-refractivity contribution in [2.75, 3.05) is 0 Å². The first-order chi connectivity index (χ1) is 7.18. The maximum absolute atomic E-state index is 10.7. The highest BCUT2D eigenvalue weighted by Gasteiger charge is 2.13. The maximum atomic E-state index is 10.7. The normalized spacial score (nSPS) is 10.5. The minimum absolute atomic E-state index is 0.203. The van der Waals surface area contributed by atoms with Crippen molar-refractivity contribution in [2.45, 2.75) is 13.5 Å². The van der Waals surface area contributed by atoms with E-state index in [-0.39, 0.29) is 5.56 Å². The van der Waals surface area contributed by atoms with Crippen LogP contribution in [0.4, 0.5) is 0 Å². The molecule has 78 valence electrons. The summed E-state index contributed by atoms with van der Waals surface area (Å²) in [5.74, 6) is -0.338. The number of aromatic carboxylic acids is 1. The third kappa shape index (κ3) is 1.74. The summed E-state index contributed by atoms with van der Waals surface area (Å²) in [7, 11) is 0. The summed E-state index contributed by atoms with van der Waals surface area (Å²) in [5.41, 5.74) is 0.799. The molecule has 0 unspecified atom stereocenters. The smallest absolute Gasteiger partial charge is 0.339 e. The van der Waals surface area contributed by atoms with Gasteiger partial charge in [-0.3, -0.25) is 4.68 Å². The lowest BCUT2D eigenvalue weighted by Gasteiger charge is -2.00. The van der Waals surface area contributed by atoms with Gasteiger partial charge in [0.25, 0.3) is 0 Å². The summed E-state index contributed by atoms with van der Waals surface area (Å²) >= 11 is 0. The van der Waals surface area contributed by atoms with Gasteiger partial charge in [-0.25, -0.2) is 4.79 Å². The molecule has 6 nitrogen and oxygen atoms in total. The first-order valence-corrected chi connectivity index (χ1v) is 4.33. The van der Waals surface area contributed by atoms with Crippen molar-refractivity contribution in [1.29, 1.82) is 0 Å². The van der Waals surface area contributed by atoms with Crippen molar-refractivity contribution >= 4 is 5.97 Å². The van der Waals surface area contributed by atoms with E-state index in [4.69, 9.17) is 9.63 Å². The Balaban J connectivity index is 2.27. The SMILES string of the molecule is Cc1c(C(=O)O)cnn1Cc1ccno1. The molecule has 0 saturated heterocycles. The van der Waals surface area contributed by atoms with Gasteiger partial charge in [-0.15, -0.1) is 0 Å². The van der Waals surface area contributed by atoms with E-state index in [1.807, 2.05) is 0 Å². The van der Waals surface area contributed by atoms with Crippen LogP contribution in [0.2, 0.25) is 0 Å². The largest absolute Gasteiger partial charge is 0.478 e. The quantitative estimate of drug-likeness (QED) is 0.809. The Hall–Kier alpha value is -2.11. The van der Waals surface area contributed by atoms with Gasteiger partial charge in [0.05, 0.1) is 18.1 Å². The molecule has 0 aliphatic carbocycles. The van der Waals surface area contributed by atoms with Gasteiger partial charge in [0.2, 0.25) is 0 Å². The molecule has 2 aromatic rings. The molecule has 0 atom stereocenters. The molecule has 0 spiro atoms. The summed E-state index contributed by atoms with van der Waals surface area (Å²) in [4.78, 5) is 10.7. The Morgan fingerprint density at radius 2 is 2.47 bits per heavy atom. The number of hydrogen-bond acceptors (Lipinski definition) is 4. The van der Waals surface area contributed by atoms with Gasteiger partial charge >= 0.3 is 5.97 Å². The van der Waals surface area contributed by atoms with E-state index in [0.717, 1.165) is 0 Å². The fourth-order valence-corrected chi connectivity index (χ4v) is 1.29. The van der Waals surface area contributed by atoms with Crippen molar-refractivity contribution < 1.29 is 14.4 Å². The van der Waals surface area contributed by atoms with Gasteiger partial charge in [-0.2, -0.15) is 5.10 Å². The predicted molar refractivity (Wildman–Crippen MR) is 49.5 cm³/mol. The number of rotatable bonds is 3. The monoisotopic (exact) mass is 207 g/mol. The van der Waals surface area contributed by atoms with E-state index in [2.05, 4.69) is 10.3 Å². The Bertz CT molecular complexity index is 473. The van der Waals surface area contributed by atoms with E-state index in [1.165, 1.54) is 12.4 Å². The maximum Gasteiger partial charge on any atom is 0.339 e. The van der Waals surface area contributed by atoms with Crippen molar-refractivity contribution in [3.8, 4) is 0 Å². The molecular weight excluding hydrogens is 198 g/mol. The number of hydrogen-bond donors (Lipinski definition) is 1. The molecule has 6 heteroatoms. The number of nitrogens with zero attached hydrogens (tertiary/aromatic N) is 3. The molecule has 2 rings (SSSR count). The predicted octanol–water partition coefficient (Wildman–Crippen LogP) is 0.926. The second kappa shape index (κ2) is 3.56. The van der Waals surface area contributed by atoms with Gasteiger partial charge in [0.1, 0.15) is 12.1 Å². The zero-order valence-corrected chi connectivity index (χ0v) is 8.04. The first kappa shape index (κ1) is 9.45. The summed E-state index contributed by atoms with van der Waals surface area (Å²) < 4.78 is 6.46. The third-order valence-corrected chi connectivity index (χ3v) is 2.13. The molecule has 0 bridgehead atoms. The molecule has 0 aromatic carbocycles. The topological polar surface area (TPSA) is 81.1 Å². The summed E-state index contributed by atoms with van der Waals surface area (Å²) in [6, 6.07) is 1.71. The number of carbonyl (C=O) groups is 1. The fraction of sp³-hybridized carbons (Fsp3) is 0.222. The summed E-state index contributed by atoms with van der Waals surface area (Å²) in [6.45, 7) is 2.09. The highest BCUT2D eigenvalue weighted by atomic mass is 16.5. The van der Waals surface area contributed by atoms with Gasteiger partial charge in [-0.1, -0.05) is 5.16 Å². The van der Waals surface area contributed by atoms with Crippen molar-refractivity contribution in [2.24, 2.45) is 0 Å². The zero-order chi connectivity index (χ0) is 10.8. The first-order valence-electron chi connectivity index (χ1n) is 4.33. The molecule has 0 fully saturated rings. The van der Waals surface area contributed by atoms with Gasteiger partial charge in [0.15, 0.2) is 5.76 Å². The molecule has 2 heterocycles. The van der Waals surface area contributed by atoms with Crippen LogP contribution in [0.1, 0.15) is 21.8 Å². The van der Waals surface area contributed by atoms with E-state index in [1.54, 1.807) is 17.7 Å². The van der Waals surface area contributed by atoms with Crippen LogP contribution >= 0.6 is 0 Å². The minimum atomic E-state index is -0.976. The number of carboxylic acids is 1. The lowest BCUT2D eigenvalue weighted by Crippen LogP contribution is -2.05. The molecule has 0 aliphatic rings. The van der Waals surface area contributed by atoms with Gasteiger partial charge in [-0.05, 0) is 6.92 Å². The highest BCUT2D eigenvalue weighted by molar-refractivity contribution is 5.88. The Morgan fingerprint density at radius 1 is 1.67 bits per heavy atom. The molecule has 15 heavy (non-hydrogen) atoms. The minimum Gasteiger partial charge on any atom is -0.478 e.